The number of nitrogens with one attached hydrogen (secondary N) is 2. The summed E-state index contributed by atoms with van der Waals surface area (Å²) < 4.78 is 96.6. The smallest absolute Gasteiger partial charge is 0.762 e. The number of amides is 1. The molecule has 4 aliphatic rings. The molecule has 1 amide bonds. The van der Waals surface area contributed by atoms with Gasteiger partial charge in [0, 0.05) is 89.6 Å². The molecule has 0 unspecified atom stereocenters. The highest BCUT2D eigenvalue weighted by Crippen LogP contribution is 2.48. The van der Waals surface area contributed by atoms with Gasteiger partial charge in [-0.2, -0.15) is 9.15 Å². The number of anilines is 2. The van der Waals surface area contributed by atoms with Crippen LogP contribution in [0.5, 0.6) is 0 Å². The van der Waals surface area contributed by atoms with Crippen LogP contribution in [0, 0.1) is 10.2 Å². The highest BCUT2D eigenvalue weighted by Gasteiger charge is 2.46. The van der Waals surface area contributed by atoms with Crippen LogP contribution in [0.15, 0.2) is 236 Å². The number of hydrogen-bond donors (Lipinski definition) is 2. The number of allylic oxidation sites excluding steroid dienone is 9. The van der Waals surface area contributed by atoms with Gasteiger partial charge in [-0.1, -0.05) is 159 Å². The Morgan fingerprint density at radius 2 is 0.856 bits per heavy atom. The number of para-hydroxylation sites is 1. The van der Waals surface area contributed by atoms with E-state index in [0.29, 0.717) is 0 Å². The number of carbonyl (C=O) groups excluding carboxylic acids is 1. The molecule has 4 aliphatic heterocycles. The molecule has 0 aliphatic carbocycles. The number of fused-ring (bicyclic) bond motifs is 12. The minimum absolute atomic E-state index is 0. The standard InChI is InChI=1S/C34H32N2.C27H27N2O.C15H15N.2BF3.ClHO4.2FH/c1-33(2)29(35-27-21-19-23-13-9-11-15-25(23)31(27)33)17-7-6-8-18-30-34(3,4)32-26-16-12-10-14-24(26)20-22-28(32)36(30)5;1-20(30)29(22-13-6-5-7-14-22)19-11-10-16-25-27(2,3)26-23-15-9-8-12-21(23)17-18-24(26)28(25)4;1-10-15(2,3)14-12-7-5-4-6-11(12)8-9-13(14)16-10;2*2-1(3)4;2-1(3,4)5;;/h6-22H,1-5H3;5-19H,1-4H3;4-9H,1-3H3;;;(H,2,3,4,5);2*1H/q;+1;;;;;;/p-1. The molecule has 0 atom stereocenters. The van der Waals surface area contributed by atoms with Crippen molar-refractivity contribution >= 4 is 110 Å². The number of carbonyl (C=O) groups is 1. The third-order valence-electron chi connectivity index (χ3n) is 17.8. The molecule has 0 spiro atoms. The molecule has 9 aromatic carbocycles. The lowest BCUT2D eigenvalue weighted by molar-refractivity contribution is -2.00. The fourth-order valence-electron chi connectivity index (χ4n) is 13.3. The van der Waals surface area contributed by atoms with Gasteiger partial charge in [0.05, 0.1) is 16.2 Å². The molecular formula is C76H76B2ClF8N5O5. The van der Waals surface area contributed by atoms with E-state index in [1.807, 2.05) is 48.7 Å². The van der Waals surface area contributed by atoms with Crippen molar-refractivity contribution in [3.63, 3.8) is 0 Å². The molecule has 0 bridgehead atoms. The summed E-state index contributed by atoms with van der Waals surface area (Å²) in [6.45, 7) is 22.1. The Kier molecular flexibility index (Phi) is 25.1. The van der Waals surface area contributed by atoms with Crippen molar-refractivity contribution in [3.05, 3.63) is 259 Å². The number of nitrogens with zero attached hydrogens (tertiary/aromatic N) is 3. The van der Waals surface area contributed by atoms with Crippen LogP contribution >= 0.6 is 0 Å². The Labute approximate surface area is 563 Å². The Morgan fingerprint density at radius 3 is 1.29 bits per heavy atom. The van der Waals surface area contributed by atoms with Crippen molar-refractivity contribution in [1.82, 2.24) is 0 Å². The van der Waals surface area contributed by atoms with Crippen molar-refractivity contribution in [2.45, 2.75) is 90.9 Å². The molecule has 2 N–H and O–H groups in total. The van der Waals surface area contributed by atoms with Gasteiger partial charge < -0.3 is 14.7 Å². The maximum absolute atomic E-state index is 12.1. The Hall–Kier alpha value is -9.30. The zero-order valence-electron chi connectivity index (χ0n) is 55.9. The fraction of sp³-hybridized carbons (Fsp3) is 0.211. The van der Waals surface area contributed by atoms with Crippen LogP contribution in [0.3, 0.4) is 0 Å². The molecule has 10 nitrogen and oxygen atoms in total. The van der Waals surface area contributed by atoms with E-state index in [1.165, 1.54) is 111 Å². The quantitative estimate of drug-likeness (QED) is 0.0726. The molecule has 97 heavy (non-hydrogen) atoms. The first-order chi connectivity index (χ1) is 44.8. The van der Waals surface area contributed by atoms with E-state index in [1.54, 1.807) is 11.8 Å². The summed E-state index contributed by atoms with van der Waals surface area (Å²) in [5, 5.41) is 14.2. The first-order valence-corrected chi connectivity index (χ1v) is 31.9. The molecule has 504 valence electrons. The first kappa shape index (κ1) is 76.7. The minimum Gasteiger partial charge on any atom is -1.00 e. The van der Waals surface area contributed by atoms with Crippen molar-refractivity contribution < 1.29 is 83.1 Å². The van der Waals surface area contributed by atoms with Gasteiger partial charge in [-0.3, -0.25) is 35.6 Å². The van der Waals surface area contributed by atoms with Gasteiger partial charge in [0.25, 0.3) is 0 Å². The predicted molar refractivity (Wildman–Crippen MR) is 367 cm³/mol. The average molecular weight is 1350 g/mol. The second kappa shape index (κ2) is 31.7. The molecule has 4 heterocycles. The summed E-state index contributed by atoms with van der Waals surface area (Å²) in [5.41, 5.74) is 16.4. The van der Waals surface area contributed by atoms with E-state index in [9.17, 15) is 30.7 Å². The molecule has 0 fully saturated rings. The summed E-state index contributed by atoms with van der Waals surface area (Å²) in [6.07, 6.45) is 18.8. The third-order valence-corrected chi connectivity index (χ3v) is 17.8. The lowest BCUT2D eigenvalue weighted by Gasteiger charge is -2.21. The average Bonchev–Trinajstić information content (AvgIpc) is 1.62. The van der Waals surface area contributed by atoms with Crippen molar-refractivity contribution in [3.8, 4) is 0 Å². The van der Waals surface area contributed by atoms with Gasteiger partial charge in [-0.05, 0) is 139 Å². The summed E-state index contributed by atoms with van der Waals surface area (Å²) in [4.78, 5) is 17.2. The van der Waals surface area contributed by atoms with Crippen molar-refractivity contribution in [1.29, 1.82) is 0 Å². The van der Waals surface area contributed by atoms with Gasteiger partial charge >= 0.3 is 15.1 Å². The number of halogens is 9. The van der Waals surface area contributed by atoms with Gasteiger partial charge in [-0.25, -0.2) is 23.6 Å². The highest BCUT2D eigenvalue weighted by molar-refractivity contribution is 6.33. The van der Waals surface area contributed by atoms with Gasteiger partial charge in [0.2, 0.25) is 23.0 Å². The van der Waals surface area contributed by atoms with E-state index in [0.717, 1.165) is 5.69 Å². The topological polar surface area (TPSA) is 145 Å². The summed E-state index contributed by atoms with van der Waals surface area (Å²) in [5.74, 6) is -0.0179. The van der Waals surface area contributed by atoms with E-state index >= 15 is 0 Å². The highest BCUT2D eigenvalue weighted by atomic mass is 35.7. The van der Waals surface area contributed by atoms with Crippen LogP contribution < -0.4 is 43.3 Å². The van der Waals surface area contributed by atoms with Gasteiger partial charge in [0.15, 0.2) is 17.1 Å². The Bertz CT molecular complexity index is 4580. The van der Waals surface area contributed by atoms with E-state index in [2.05, 4.69) is 278 Å². The lowest BCUT2D eigenvalue weighted by Crippen LogP contribution is -3.00. The summed E-state index contributed by atoms with van der Waals surface area (Å²) >= 11 is 0. The van der Waals surface area contributed by atoms with Crippen LogP contribution in [0.1, 0.15) is 91.5 Å². The molecule has 0 aromatic heterocycles. The SMILES string of the molecule is CC(=O)N(C=CC=CC1=[N+](C)c2ccc3ccccc3c2C1(C)C)c1ccccc1.CC1=[NH+]c2ccc3ccccc3c2C1(C)C.C[N+]1=C(C=CC=CC=C2Nc3ccc4ccccc4c3C2(C)C)C(C)(C)c2c1ccc1ccccc21.FB(F)F.FB(F)F.[F-].[F-].[O-][Cl+3]([O-])([O-])[O-]. The summed E-state index contributed by atoms with van der Waals surface area (Å²) in [6, 6.07) is 61.9. The summed E-state index contributed by atoms with van der Waals surface area (Å²) in [7, 11) is -7.97. The number of benzene rings is 9. The number of rotatable bonds is 7. The molecule has 9 aromatic rings. The number of hydrogen-bond acceptors (Lipinski definition) is 6. The zero-order valence-corrected chi connectivity index (χ0v) is 56.6. The van der Waals surface area contributed by atoms with Crippen LogP contribution in [0.4, 0.5) is 54.3 Å². The molecular weight excluding hydrogens is 1270 g/mol. The fourth-order valence-corrected chi connectivity index (χ4v) is 13.3. The minimum atomic E-state index is -4.94. The predicted octanol–water partition coefficient (Wildman–Crippen LogP) is 7.68. The maximum atomic E-state index is 12.1. The van der Waals surface area contributed by atoms with Gasteiger partial charge in [-0.15, -0.1) is 10.2 Å². The van der Waals surface area contributed by atoms with E-state index in [4.69, 9.17) is 18.6 Å². The van der Waals surface area contributed by atoms with Crippen LogP contribution in [0.25, 0.3) is 43.1 Å². The van der Waals surface area contributed by atoms with E-state index < -0.39 is 25.3 Å². The Balaban J connectivity index is 0.000000218. The lowest BCUT2D eigenvalue weighted by atomic mass is 9.79. The van der Waals surface area contributed by atoms with Gasteiger partial charge in [0.1, 0.15) is 14.1 Å². The molecule has 0 saturated heterocycles. The molecule has 21 heteroatoms. The Morgan fingerprint density at radius 1 is 0.485 bits per heavy atom. The monoisotopic (exact) mass is 1350 g/mol. The molecule has 13 rings (SSSR count). The zero-order chi connectivity index (χ0) is 69.4. The van der Waals surface area contributed by atoms with Crippen molar-refractivity contribution in [2.75, 3.05) is 24.3 Å². The maximum Gasteiger partial charge on any atom is 0.762 e. The second-order valence-corrected chi connectivity index (χ2v) is 25.9. The van der Waals surface area contributed by atoms with Crippen molar-refractivity contribution in [2.24, 2.45) is 0 Å². The van der Waals surface area contributed by atoms with Crippen LogP contribution in [0.2, 0.25) is 0 Å². The second-order valence-electron chi connectivity index (χ2n) is 25.2. The first-order valence-electron chi connectivity index (χ1n) is 30.7. The van der Waals surface area contributed by atoms with E-state index in [-0.39, 0.29) is 37.0 Å². The van der Waals surface area contributed by atoms with Crippen LogP contribution in [-0.2, 0) is 26.5 Å². The van der Waals surface area contributed by atoms with Crippen LogP contribution in [-0.4, -0.2) is 61.4 Å². The third kappa shape index (κ3) is 17.3. The molecule has 0 saturated carbocycles. The normalized spacial score (nSPS) is 15.9. The largest absolute Gasteiger partial charge is 1.00 e. The molecule has 0 radical (unpaired) electrons.